The van der Waals surface area contributed by atoms with Crippen LogP contribution in [-0.4, -0.2) is 0 Å². The molecule has 0 rings (SSSR count). The molecule has 0 N–H and O–H groups in total. The standard InChI is InChI=1S/C7H11F.C2H6/c1-4-6(3)7(8)5-2;1-2/h4-5H,1-3H3;1-2H3/b6-4-,7-5+;. The minimum atomic E-state index is -0.132. The molecule has 0 aliphatic heterocycles. The van der Waals surface area contributed by atoms with Gasteiger partial charge in [0.1, 0.15) is 5.83 Å². The van der Waals surface area contributed by atoms with E-state index in [9.17, 15) is 4.39 Å². The quantitative estimate of drug-likeness (QED) is 0.490. The van der Waals surface area contributed by atoms with Gasteiger partial charge in [-0.3, -0.25) is 0 Å². The number of hydrogen-bond donors (Lipinski definition) is 0. The van der Waals surface area contributed by atoms with Crippen molar-refractivity contribution < 1.29 is 4.39 Å². The van der Waals surface area contributed by atoms with E-state index in [0.29, 0.717) is 5.57 Å². The summed E-state index contributed by atoms with van der Waals surface area (Å²) in [7, 11) is 0. The lowest BCUT2D eigenvalue weighted by Crippen LogP contribution is -1.72. The van der Waals surface area contributed by atoms with Crippen LogP contribution in [-0.2, 0) is 0 Å². The highest BCUT2D eigenvalue weighted by Gasteiger charge is 1.90. The van der Waals surface area contributed by atoms with Crippen LogP contribution in [0.2, 0.25) is 0 Å². The Balaban J connectivity index is 0. The molecule has 0 nitrogen and oxygen atoms in total. The Labute approximate surface area is 63.5 Å². The summed E-state index contributed by atoms with van der Waals surface area (Å²) < 4.78 is 12.3. The molecule has 0 fully saturated rings. The molecule has 0 heterocycles. The second-order valence-electron chi connectivity index (χ2n) is 1.61. The molecule has 0 atom stereocenters. The van der Waals surface area contributed by atoms with Gasteiger partial charge in [-0.1, -0.05) is 26.0 Å². The minimum absolute atomic E-state index is 0.132. The molecule has 0 radical (unpaired) electrons. The summed E-state index contributed by atoms with van der Waals surface area (Å²) in [4.78, 5) is 0. The summed E-state index contributed by atoms with van der Waals surface area (Å²) in [6.45, 7) is 9.25. The van der Waals surface area contributed by atoms with Crippen molar-refractivity contribution in [3.63, 3.8) is 0 Å². The maximum absolute atomic E-state index is 12.3. The summed E-state index contributed by atoms with van der Waals surface area (Å²) >= 11 is 0. The molecule has 10 heavy (non-hydrogen) atoms. The van der Waals surface area contributed by atoms with Crippen LogP contribution in [0.1, 0.15) is 34.6 Å². The third-order valence-electron chi connectivity index (χ3n) is 1.06. The number of halogens is 1. The maximum Gasteiger partial charge on any atom is 0.121 e. The van der Waals surface area contributed by atoms with E-state index in [-0.39, 0.29) is 5.83 Å². The third kappa shape index (κ3) is 5.54. The first kappa shape index (κ1) is 12.1. The molecule has 0 spiro atoms. The average Bonchev–Trinajstić information content (AvgIpc) is 2.05. The smallest absolute Gasteiger partial charge is 0.121 e. The van der Waals surface area contributed by atoms with Crippen LogP contribution in [0.5, 0.6) is 0 Å². The van der Waals surface area contributed by atoms with Crippen LogP contribution in [0.25, 0.3) is 0 Å². The van der Waals surface area contributed by atoms with Gasteiger partial charge in [0.25, 0.3) is 0 Å². The van der Waals surface area contributed by atoms with E-state index in [1.807, 2.05) is 20.8 Å². The van der Waals surface area contributed by atoms with E-state index in [4.69, 9.17) is 0 Å². The van der Waals surface area contributed by atoms with Gasteiger partial charge in [0.05, 0.1) is 0 Å². The molecule has 60 valence electrons. The van der Waals surface area contributed by atoms with E-state index in [0.717, 1.165) is 0 Å². The number of rotatable bonds is 1. The van der Waals surface area contributed by atoms with Crippen molar-refractivity contribution in [3.8, 4) is 0 Å². The summed E-state index contributed by atoms with van der Waals surface area (Å²) in [6, 6.07) is 0. The Morgan fingerprint density at radius 3 is 1.60 bits per heavy atom. The van der Waals surface area contributed by atoms with Crippen molar-refractivity contribution in [2.75, 3.05) is 0 Å². The van der Waals surface area contributed by atoms with E-state index in [2.05, 4.69) is 0 Å². The second-order valence-corrected chi connectivity index (χ2v) is 1.61. The third-order valence-corrected chi connectivity index (χ3v) is 1.06. The van der Waals surface area contributed by atoms with Crippen LogP contribution < -0.4 is 0 Å². The van der Waals surface area contributed by atoms with Gasteiger partial charge in [0, 0.05) is 0 Å². The van der Waals surface area contributed by atoms with Gasteiger partial charge in [-0.05, 0) is 26.3 Å². The molecule has 0 saturated heterocycles. The predicted molar refractivity (Wildman–Crippen MR) is 45.6 cm³/mol. The molecule has 0 aliphatic rings. The topological polar surface area (TPSA) is 0 Å². The highest BCUT2D eigenvalue weighted by molar-refractivity contribution is 5.20. The lowest BCUT2D eigenvalue weighted by atomic mass is 10.2. The summed E-state index contributed by atoms with van der Waals surface area (Å²) in [5, 5.41) is 0. The molecule has 1 heteroatoms. The first-order chi connectivity index (χ1) is 4.72. The summed E-state index contributed by atoms with van der Waals surface area (Å²) in [6.07, 6.45) is 3.20. The predicted octanol–water partition coefficient (Wildman–Crippen LogP) is 3.85. The normalized spacial score (nSPS) is 12.2. The van der Waals surface area contributed by atoms with Gasteiger partial charge >= 0.3 is 0 Å². The highest BCUT2D eigenvalue weighted by atomic mass is 19.1. The zero-order valence-corrected chi connectivity index (χ0v) is 7.53. The largest absolute Gasteiger partial charge is 0.207 e. The lowest BCUT2D eigenvalue weighted by molar-refractivity contribution is 0.649. The summed E-state index contributed by atoms with van der Waals surface area (Å²) in [5.74, 6) is -0.132. The van der Waals surface area contributed by atoms with E-state index in [1.54, 1.807) is 19.9 Å². The van der Waals surface area contributed by atoms with Gasteiger partial charge in [-0.15, -0.1) is 0 Å². The molecular weight excluding hydrogens is 127 g/mol. The Hall–Kier alpha value is -0.590. The Kier molecular flexibility index (Phi) is 10.2. The zero-order chi connectivity index (χ0) is 8.57. The van der Waals surface area contributed by atoms with E-state index < -0.39 is 0 Å². The fourth-order valence-electron chi connectivity index (χ4n) is 0.366. The molecule has 0 aromatic rings. The second kappa shape index (κ2) is 8.41. The van der Waals surface area contributed by atoms with E-state index >= 15 is 0 Å². The Morgan fingerprint density at radius 1 is 1.10 bits per heavy atom. The minimum Gasteiger partial charge on any atom is -0.207 e. The lowest BCUT2D eigenvalue weighted by Gasteiger charge is -1.90. The highest BCUT2D eigenvalue weighted by Crippen LogP contribution is 2.08. The SMILES string of the molecule is C/C=C(C)\C(F)=C/C.CC. The first-order valence-corrected chi connectivity index (χ1v) is 3.67. The van der Waals surface area contributed by atoms with Crippen molar-refractivity contribution in [2.45, 2.75) is 34.6 Å². The molecule has 0 aromatic heterocycles. The monoisotopic (exact) mass is 144 g/mol. The fraction of sp³-hybridized carbons (Fsp3) is 0.556. The molecule has 0 bridgehead atoms. The van der Waals surface area contributed by atoms with Crippen molar-refractivity contribution in [1.82, 2.24) is 0 Å². The van der Waals surface area contributed by atoms with E-state index in [1.165, 1.54) is 6.08 Å². The average molecular weight is 144 g/mol. The number of allylic oxidation sites excluding steroid dienone is 4. The molecule has 0 unspecified atom stereocenters. The van der Waals surface area contributed by atoms with Gasteiger partial charge in [-0.2, -0.15) is 0 Å². The fourth-order valence-corrected chi connectivity index (χ4v) is 0.366. The van der Waals surface area contributed by atoms with Crippen molar-refractivity contribution in [1.29, 1.82) is 0 Å². The van der Waals surface area contributed by atoms with Crippen LogP contribution in [0.3, 0.4) is 0 Å². The van der Waals surface area contributed by atoms with Crippen LogP contribution in [0.4, 0.5) is 4.39 Å². The van der Waals surface area contributed by atoms with Crippen LogP contribution >= 0.6 is 0 Å². The Bertz CT molecular complexity index is 105. The molecular formula is C9H17F. The van der Waals surface area contributed by atoms with Gasteiger partial charge in [0.15, 0.2) is 0 Å². The van der Waals surface area contributed by atoms with Crippen molar-refractivity contribution >= 4 is 0 Å². The first-order valence-electron chi connectivity index (χ1n) is 3.67. The maximum atomic E-state index is 12.3. The Morgan fingerprint density at radius 2 is 1.50 bits per heavy atom. The van der Waals surface area contributed by atoms with Gasteiger partial charge in [0.2, 0.25) is 0 Å². The molecule has 0 aliphatic carbocycles. The number of hydrogen-bond acceptors (Lipinski definition) is 0. The molecule has 0 saturated carbocycles. The van der Waals surface area contributed by atoms with Gasteiger partial charge in [-0.25, -0.2) is 4.39 Å². The molecule has 0 amide bonds. The van der Waals surface area contributed by atoms with Gasteiger partial charge < -0.3 is 0 Å². The summed E-state index contributed by atoms with van der Waals surface area (Å²) in [5.41, 5.74) is 0.701. The van der Waals surface area contributed by atoms with Crippen molar-refractivity contribution in [3.05, 3.63) is 23.6 Å². The molecule has 0 aromatic carbocycles. The zero-order valence-electron chi connectivity index (χ0n) is 7.53. The van der Waals surface area contributed by atoms with Crippen LogP contribution in [0.15, 0.2) is 23.6 Å². The van der Waals surface area contributed by atoms with Crippen molar-refractivity contribution in [2.24, 2.45) is 0 Å². The van der Waals surface area contributed by atoms with Crippen LogP contribution in [0, 0.1) is 0 Å².